The van der Waals surface area contributed by atoms with E-state index in [1.807, 2.05) is 0 Å². The number of amides is 1. The maximum Gasteiger partial charge on any atom is 0.243 e. The summed E-state index contributed by atoms with van der Waals surface area (Å²) in [5.41, 5.74) is 1.54. The highest BCUT2D eigenvalue weighted by Crippen LogP contribution is 2.20. The first kappa shape index (κ1) is 17.7. The molecule has 2 aromatic carbocycles. The average Bonchev–Trinajstić information content (AvgIpc) is 3.03. The van der Waals surface area contributed by atoms with E-state index in [0.717, 1.165) is 11.1 Å². The third-order valence-electron chi connectivity index (χ3n) is 3.33. The molecular weight excluding hydrogens is 385 g/mol. The molecule has 1 amide bonds. The Morgan fingerprint density at radius 3 is 2.48 bits per heavy atom. The first-order valence-corrected chi connectivity index (χ1v) is 8.39. The predicted molar refractivity (Wildman–Crippen MR) is 96.6 cm³/mol. The minimum atomic E-state index is -0.258. The van der Waals surface area contributed by atoms with Crippen LogP contribution in [0.5, 0.6) is 0 Å². The Bertz CT molecular complexity index is 895. The van der Waals surface area contributed by atoms with Gasteiger partial charge in [-0.2, -0.15) is 4.80 Å². The van der Waals surface area contributed by atoms with Crippen molar-refractivity contribution in [2.45, 2.75) is 13.1 Å². The second-order valence-electron chi connectivity index (χ2n) is 5.16. The molecule has 128 valence electrons. The van der Waals surface area contributed by atoms with Crippen molar-refractivity contribution in [3.8, 4) is 11.4 Å². The smallest absolute Gasteiger partial charge is 0.243 e. The number of hydrogen-bond acceptors (Lipinski definition) is 4. The number of nitrogens with one attached hydrogen (secondary N) is 1. The van der Waals surface area contributed by atoms with Crippen LogP contribution in [-0.4, -0.2) is 26.1 Å². The van der Waals surface area contributed by atoms with E-state index in [1.165, 1.54) is 4.80 Å². The predicted octanol–water partition coefficient (Wildman–Crippen LogP) is 3.62. The fourth-order valence-corrected chi connectivity index (χ4v) is 2.67. The number of tetrazole rings is 1. The molecule has 0 aliphatic heterocycles. The number of benzene rings is 2. The van der Waals surface area contributed by atoms with Crippen LogP contribution in [0.2, 0.25) is 15.1 Å². The summed E-state index contributed by atoms with van der Waals surface area (Å²) < 4.78 is 0. The SMILES string of the molecule is O=C(Cn1nnc(-c2ccc(Cl)cc2)n1)NCc1ccc(Cl)cc1Cl. The standard InChI is InChI=1S/C16H12Cl3N5O/c17-12-4-1-10(2-5-12)16-21-23-24(22-16)9-15(25)20-8-11-3-6-13(18)7-14(11)19/h1-7H,8-9H2,(H,20,25). The van der Waals surface area contributed by atoms with E-state index in [9.17, 15) is 4.79 Å². The van der Waals surface area contributed by atoms with Crippen molar-refractivity contribution in [2.24, 2.45) is 0 Å². The largest absolute Gasteiger partial charge is 0.350 e. The molecule has 1 N–H and O–H groups in total. The Morgan fingerprint density at radius 1 is 1.04 bits per heavy atom. The van der Waals surface area contributed by atoms with Crippen molar-refractivity contribution in [1.29, 1.82) is 0 Å². The molecule has 1 heterocycles. The number of carbonyl (C=O) groups is 1. The maximum atomic E-state index is 12.0. The first-order valence-electron chi connectivity index (χ1n) is 7.25. The third-order valence-corrected chi connectivity index (χ3v) is 4.17. The van der Waals surface area contributed by atoms with Crippen molar-refractivity contribution in [3.05, 3.63) is 63.1 Å². The summed E-state index contributed by atoms with van der Waals surface area (Å²) in [6.07, 6.45) is 0. The van der Waals surface area contributed by atoms with Crippen LogP contribution >= 0.6 is 34.8 Å². The Labute approximate surface area is 158 Å². The highest BCUT2D eigenvalue weighted by atomic mass is 35.5. The molecule has 0 saturated carbocycles. The first-order chi connectivity index (χ1) is 12.0. The van der Waals surface area contributed by atoms with Crippen LogP contribution in [0.15, 0.2) is 42.5 Å². The zero-order chi connectivity index (χ0) is 17.8. The number of hydrogen-bond donors (Lipinski definition) is 1. The number of halogens is 3. The van der Waals surface area contributed by atoms with Crippen LogP contribution < -0.4 is 5.32 Å². The molecule has 3 rings (SSSR count). The van der Waals surface area contributed by atoms with E-state index in [2.05, 4.69) is 20.7 Å². The van der Waals surface area contributed by atoms with Gasteiger partial charge in [0.05, 0.1) is 0 Å². The quantitative estimate of drug-likeness (QED) is 0.715. The highest BCUT2D eigenvalue weighted by molar-refractivity contribution is 6.35. The van der Waals surface area contributed by atoms with Crippen LogP contribution in [0.3, 0.4) is 0 Å². The lowest BCUT2D eigenvalue weighted by molar-refractivity contribution is -0.122. The van der Waals surface area contributed by atoms with Gasteiger partial charge < -0.3 is 5.32 Å². The number of aromatic nitrogens is 4. The molecule has 3 aromatic rings. The van der Waals surface area contributed by atoms with E-state index in [0.29, 0.717) is 20.9 Å². The molecule has 0 bridgehead atoms. The minimum Gasteiger partial charge on any atom is -0.350 e. The molecular formula is C16H12Cl3N5O. The van der Waals surface area contributed by atoms with Gasteiger partial charge >= 0.3 is 0 Å². The summed E-state index contributed by atoms with van der Waals surface area (Å²) in [5.74, 6) is 0.163. The van der Waals surface area contributed by atoms with Crippen LogP contribution in [0.25, 0.3) is 11.4 Å². The zero-order valence-electron chi connectivity index (χ0n) is 12.8. The van der Waals surface area contributed by atoms with Gasteiger partial charge in [-0.25, -0.2) is 0 Å². The van der Waals surface area contributed by atoms with Gasteiger partial charge in [0.1, 0.15) is 6.54 Å². The molecule has 0 aliphatic carbocycles. The third kappa shape index (κ3) is 4.69. The maximum absolute atomic E-state index is 12.0. The van der Waals surface area contributed by atoms with Gasteiger partial charge in [0.2, 0.25) is 11.7 Å². The summed E-state index contributed by atoms with van der Waals surface area (Å²) >= 11 is 17.8. The van der Waals surface area contributed by atoms with Crippen LogP contribution in [0.4, 0.5) is 0 Å². The average molecular weight is 397 g/mol. The monoisotopic (exact) mass is 395 g/mol. The molecule has 9 heteroatoms. The molecule has 0 radical (unpaired) electrons. The fraction of sp³-hybridized carbons (Fsp3) is 0.125. The molecule has 0 fully saturated rings. The molecule has 0 unspecified atom stereocenters. The van der Waals surface area contributed by atoms with Gasteiger partial charge in [-0.3, -0.25) is 4.79 Å². The lowest BCUT2D eigenvalue weighted by atomic mass is 10.2. The van der Waals surface area contributed by atoms with Crippen LogP contribution in [0, 0.1) is 0 Å². The second-order valence-corrected chi connectivity index (χ2v) is 6.44. The Balaban J connectivity index is 1.59. The number of carbonyl (C=O) groups excluding carboxylic acids is 1. The lowest BCUT2D eigenvalue weighted by Crippen LogP contribution is -2.28. The topological polar surface area (TPSA) is 72.7 Å². The zero-order valence-corrected chi connectivity index (χ0v) is 15.1. The van der Waals surface area contributed by atoms with Crippen molar-refractivity contribution in [1.82, 2.24) is 25.5 Å². The fourth-order valence-electron chi connectivity index (χ4n) is 2.07. The highest BCUT2D eigenvalue weighted by Gasteiger charge is 2.10. The Morgan fingerprint density at radius 2 is 1.76 bits per heavy atom. The summed E-state index contributed by atoms with van der Waals surface area (Å²) in [5, 5.41) is 16.4. The number of nitrogens with zero attached hydrogens (tertiary/aromatic N) is 4. The molecule has 0 atom stereocenters. The van der Waals surface area contributed by atoms with Gasteiger partial charge in [0, 0.05) is 27.2 Å². The van der Waals surface area contributed by atoms with Crippen molar-refractivity contribution < 1.29 is 4.79 Å². The molecule has 0 spiro atoms. The summed E-state index contributed by atoms with van der Waals surface area (Å²) in [6.45, 7) is 0.235. The normalized spacial score (nSPS) is 10.7. The summed E-state index contributed by atoms with van der Waals surface area (Å²) in [7, 11) is 0. The summed E-state index contributed by atoms with van der Waals surface area (Å²) in [4.78, 5) is 13.3. The van der Waals surface area contributed by atoms with Gasteiger partial charge in [-0.1, -0.05) is 40.9 Å². The van der Waals surface area contributed by atoms with Gasteiger partial charge in [-0.15, -0.1) is 10.2 Å². The van der Waals surface area contributed by atoms with E-state index in [4.69, 9.17) is 34.8 Å². The molecule has 0 aliphatic rings. The Hall–Kier alpha value is -2.15. The van der Waals surface area contributed by atoms with E-state index < -0.39 is 0 Å². The van der Waals surface area contributed by atoms with Gasteiger partial charge in [0.25, 0.3) is 0 Å². The van der Waals surface area contributed by atoms with Crippen molar-refractivity contribution >= 4 is 40.7 Å². The number of rotatable bonds is 5. The minimum absolute atomic E-state index is 0.0498. The van der Waals surface area contributed by atoms with Gasteiger partial charge in [-0.05, 0) is 47.2 Å². The van der Waals surface area contributed by atoms with Crippen molar-refractivity contribution in [3.63, 3.8) is 0 Å². The molecule has 0 saturated heterocycles. The van der Waals surface area contributed by atoms with E-state index >= 15 is 0 Å². The van der Waals surface area contributed by atoms with Crippen molar-refractivity contribution in [2.75, 3.05) is 0 Å². The summed E-state index contributed by atoms with van der Waals surface area (Å²) in [6, 6.07) is 12.1. The second kappa shape index (κ2) is 7.82. The van der Waals surface area contributed by atoms with Crippen LogP contribution in [0.1, 0.15) is 5.56 Å². The van der Waals surface area contributed by atoms with E-state index in [-0.39, 0.29) is 19.0 Å². The molecule has 25 heavy (non-hydrogen) atoms. The van der Waals surface area contributed by atoms with E-state index in [1.54, 1.807) is 42.5 Å². The molecule has 6 nitrogen and oxygen atoms in total. The molecule has 1 aromatic heterocycles. The lowest BCUT2D eigenvalue weighted by Gasteiger charge is -2.06. The van der Waals surface area contributed by atoms with Gasteiger partial charge in [0.15, 0.2) is 0 Å². The van der Waals surface area contributed by atoms with Crippen LogP contribution in [-0.2, 0) is 17.9 Å². The Kier molecular flexibility index (Phi) is 5.53.